The predicted octanol–water partition coefficient (Wildman–Crippen LogP) is 1.81. The number of rotatable bonds is 8. The van der Waals surface area contributed by atoms with Gasteiger partial charge in [0, 0.05) is 38.8 Å². The van der Waals surface area contributed by atoms with Crippen molar-refractivity contribution in [3.05, 3.63) is 29.8 Å². The number of hydrogen-bond donors (Lipinski definition) is 3. The first kappa shape index (κ1) is 22.0. The van der Waals surface area contributed by atoms with Gasteiger partial charge in [0.25, 0.3) is 0 Å². The van der Waals surface area contributed by atoms with E-state index in [1.165, 1.54) is 5.56 Å². The molecule has 0 bridgehead atoms. The minimum atomic E-state index is 0. The lowest BCUT2D eigenvalue weighted by Crippen LogP contribution is -2.45. The first-order chi connectivity index (χ1) is 11.7. The molecule has 0 spiro atoms. The first-order valence-electron chi connectivity index (χ1n) is 8.47. The number of halogens is 1. The fraction of sp³-hybridized carbons (Fsp3) is 0.611. The van der Waals surface area contributed by atoms with Gasteiger partial charge < -0.3 is 25.2 Å². The van der Waals surface area contributed by atoms with Crippen LogP contribution in [0, 0.1) is 5.41 Å². The Hall–Kier alpha value is -1.06. The average Bonchev–Trinajstić information content (AvgIpc) is 3.07. The molecule has 0 radical (unpaired) electrons. The normalized spacial score (nSPS) is 20.0. The van der Waals surface area contributed by atoms with E-state index in [0.29, 0.717) is 6.61 Å². The Morgan fingerprint density at radius 1 is 1.40 bits per heavy atom. The van der Waals surface area contributed by atoms with Gasteiger partial charge in [-0.05, 0) is 37.0 Å². The predicted molar refractivity (Wildman–Crippen MR) is 111 cm³/mol. The molecule has 1 aliphatic heterocycles. The van der Waals surface area contributed by atoms with Gasteiger partial charge in [-0.1, -0.05) is 12.1 Å². The molecule has 7 heteroatoms. The van der Waals surface area contributed by atoms with Crippen molar-refractivity contribution < 1.29 is 14.6 Å². The molecule has 1 aromatic rings. The molecule has 2 rings (SSSR count). The fourth-order valence-electron chi connectivity index (χ4n) is 2.96. The molecule has 0 aromatic heterocycles. The van der Waals surface area contributed by atoms with Crippen molar-refractivity contribution in [3.8, 4) is 5.75 Å². The van der Waals surface area contributed by atoms with Gasteiger partial charge in [-0.3, -0.25) is 4.99 Å². The molecular weight excluding hydrogens is 433 g/mol. The van der Waals surface area contributed by atoms with Crippen molar-refractivity contribution in [1.82, 2.24) is 10.6 Å². The molecule has 1 heterocycles. The molecule has 1 aromatic carbocycles. The van der Waals surface area contributed by atoms with Crippen molar-refractivity contribution in [2.75, 3.05) is 47.1 Å². The molecule has 6 nitrogen and oxygen atoms in total. The second-order valence-corrected chi connectivity index (χ2v) is 6.23. The molecular formula is C18H30IN3O3. The topological polar surface area (TPSA) is 75.1 Å². The van der Waals surface area contributed by atoms with Gasteiger partial charge in [0.05, 0.1) is 13.7 Å². The summed E-state index contributed by atoms with van der Waals surface area (Å²) < 4.78 is 10.8. The highest BCUT2D eigenvalue weighted by Crippen LogP contribution is 2.31. The smallest absolute Gasteiger partial charge is 0.191 e. The molecule has 1 unspecified atom stereocenters. The van der Waals surface area contributed by atoms with Crippen LogP contribution in [0.1, 0.15) is 18.4 Å². The summed E-state index contributed by atoms with van der Waals surface area (Å²) in [5, 5.41) is 16.0. The molecule has 1 fully saturated rings. The molecule has 3 N–H and O–H groups in total. The summed E-state index contributed by atoms with van der Waals surface area (Å²) in [5.74, 6) is 1.66. The third-order valence-electron chi connectivity index (χ3n) is 4.52. The minimum Gasteiger partial charge on any atom is -0.497 e. The van der Waals surface area contributed by atoms with Crippen LogP contribution in [0.2, 0.25) is 0 Å². The van der Waals surface area contributed by atoms with Crippen molar-refractivity contribution in [1.29, 1.82) is 0 Å². The number of aliphatic imine (C=N–C) groups is 1. The Labute approximate surface area is 167 Å². The zero-order chi connectivity index (χ0) is 17.3. The number of guanidine groups is 1. The van der Waals surface area contributed by atoms with Gasteiger partial charge in [-0.25, -0.2) is 0 Å². The molecule has 1 saturated heterocycles. The van der Waals surface area contributed by atoms with Crippen LogP contribution in [0.3, 0.4) is 0 Å². The first-order valence-corrected chi connectivity index (χ1v) is 8.47. The number of benzene rings is 1. The Morgan fingerprint density at radius 2 is 2.24 bits per heavy atom. The molecule has 142 valence electrons. The highest BCUT2D eigenvalue weighted by atomic mass is 127. The largest absolute Gasteiger partial charge is 0.497 e. The summed E-state index contributed by atoms with van der Waals surface area (Å²) >= 11 is 0. The second-order valence-electron chi connectivity index (χ2n) is 6.23. The van der Waals surface area contributed by atoms with Crippen LogP contribution in [-0.4, -0.2) is 58.1 Å². The van der Waals surface area contributed by atoms with E-state index in [2.05, 4.69) is 21.7 Å². The Morgan fingerprint density at radius 3 is 2.88 bits per heavy atom. The Kier molecular flexibility index (Phi) is 10.1. The van der Waals surface area contributed by atoms with E-state index in [1.54, 1.807) is 14.2 Å². The van der Waals surface area contributed by atoms with Crippen LogP contribution in [0.15, 0.2) is 29.3 Å². The van der Waals surface area contributed by atoms with Gasteiger partial charge in [0.1, 0.15) is 5.75 Å². The molecule has 1 atom stereocenters. The van der Waals surface area contributed by atoms with E-state index in [4.69, 9.17) is 9.47 Å². The lowest BCUT2D eigenvalue weighted by atomic mass is 9.84. The lowest BCUT2D eigenvalue weighted by Gasteiger charge is -2.27. The third-order valence-corrected chi connectivity index (χ3v) is 4.52. The zero-order valence-corrected chi connectivity index (χ0v) is 17.4. The summed E-state index contributed by atoms with van der Waals surface area (Å²) in [4.78, 5) is 4.27. The minimum absolute atomic E-state index is 0. The van der Waals surface area contributed by atoms with E-state index in [1.807, 2.05) is 18.2 Å². The van der Waals surface area contributed by atoms with Crippen molar-refractivity contribution in [2.45, 2.75) is 19.3 Å². The molecule has 0 amide bonds. The zero-order valence-electron chi connectivity index (χ0n) is 15.1. The van der Waals surface area contributed by atoms with Crippen molar-refractivity contribution in [2.24, 2.45) is 10.4 Å². The van der Waals surface area contributed by atoms with Crippen molar-refractivity contribution in [3.63, 3.8) is 0 Å². The van der Waals surface area contributed by atoms with Crippen LogP contribution in [0.5, 0.6) is 5.75 Å². The van der Waals surface area contributed by atoms with Crippen LogP contribution in [0.4, 0.5) is 0 Å². The summed E-state index contributed by atoms with van der Waals surface area (Å²) in [7, 11) is 3.45. The van der Waals surface area contributed by atoms with E-state index in [9.17, 15) is 5.11 Å². The molecule has 25 heavy (non-hydrogen) atoms. The quantitative estimate of drug-likeness (QED) is 0.312. The SMILES string of the molecule is CN=C(NCCc1cccc(OC)c1)NCC1(CCO)CCOC1.I. The number of aliphatic hydroxyl groups excluding tert-OH is 1. The van der Waals surface area contributed by atoms with Crippen LogP contribution < -0.4 is 15.4 Å². The van der Waals surface area contributed by atoms with E-state index < -0.39 is 0 Å². The van der Waals surface area contributed by atoms with Crippen LogP contribution in [0.25, 0.3) is 0 Å². The van der Waals surface area contributed by atoms with E-state index in [-0.39, 0.29) is 36.0 Å². The maximum atomic E-state index is 9.29. The monoisotopic (exact) mass is 463 g/mol. The average molecular weight is 463 g/mol. The molecule has 0 saturated carbocycles. The van der Waals surface area contributed by atoms with E-state index >= 15 is 0 Å². The number of hydrogen-bond acceptors (Lipinski definition) is 4. The van der Waals surface area contributed by atoms with Gasteiger partial charge in [-0.15, -0.1) is 24.0 Å². The second kappa shape index (κ2) is 11.5. The van der Waals surface area contributed by atoms with Gasteiger partial charge in [0.15, 0.2) is 5.96 Å². The maximum Gasteiger partial charge on any atom is 0.191 e. The Balaban J connectivity index is 0.00000312. The highest BCUT2D eigenvalue weighted by Gasteiger charge is 2.34. The number of ether oxygens (including phenoxy) is 2. The van der Waals surface area contributed by atoms with E-state index in [0.717, 1.165) is 50.7 Å². The standard InChI is InChI=1S/C18H29N3O3.HI/c1-19-17(21-13-18(7-10-22)8-11-24-14-18)20-9-6-15-4-3-5-16(12-15)23-2;/h3-5,12,22H,6-11,13-14H2,1-2H3,(H2,19,20,21);1H. The number of nitrogens with one attached hydrogen (secondary N) is 2. The summed E-state index contributed by atoms with van der Waals surface area (Å²) in [6.07, 6.45) is 2.62. The van der Waals surface area contributed by atoms with Crippen molar-refractivity contribution >= 4 is 29.9 Å². The summed E-state index contributed by atoms with van der Waals surface area (Å²) in [5.41, 5.74) is 1.23. The third kappa shape index (κ3) is 6.99. The number of aliphatic hydroxyl groups is 1. The Bertz CT molecular complexity index is 534. The van der Waals surface area contributed by atoms with Gasteiger partial charge in [0.2, 0.25) is 0 Å². The number of methoxy groups -OCH3 is 1. The number of nitrogens with zero attached hydrogens (tertiary/aromatic N) is 1. The molecule has 1 aliphatic rings. The maximum absolute atomic E-state index is 9.29. The summed E-state index contributed by atoms with van der Waals surface area (Å²) in [6, 6.07) is 8.08. The van der Waals surface area contributed by atoms with Crippen LogP contribution >= 0.6 is 24.0 Å². The van der Waals surface area contributed by atoms with Gasteiger partial charge in [-0.2, -0.15) is 0 Å². The van der Waals surface area contributed by atoms with Gasteiger partial charge >= 0.3 is 0 Å². The highest BCUT2D eigenvalue weighted by molar-refractivity contribution is 14.0. The summed E-state index contributed by atoms with van der Waals surface area (Å²) in [6.45, 7) is 3.19. The fourth-order valence-corrected chi connectivity index (χ4v) is 2.96. The molecule has 0 aliphatic carbocycles. The lowest BCUT2D eigenvalue weighted by molar-refractivity contribution is 0.127. The van der Waals surface area contributed by atoms with Crippen LogP contribution in [-0.2, 0) is 11.2 Å².